The molecule has 2 amide bonds. The molecule has 0 saturated heterocycles. The third-order valence-electron chi connectivity index (χ3n) is 3.84. The summed E-state index contributed by atoms with van der Waals surface area (Å²) < 4.78 is 19.2. The Morgan fingerprint density at radius 1 is 1.09 bits per heavy atom. The molecule has 0 saturated carbocycles. The Kier molecular flexibility index (Phi) is 2.71. The molecular formula is C16H10FN3O3. The predicted octanol–water partition coefficient (Wildman–Crippen LogP) is 2.51. The number of aromatic nitrogens is 2. The van der Waals surface area contributed by atoms with Gasteiger partial charge in [-0.15, -0.1) is 0 Å². The van der Waals surface area contributed by atoms with Crippen LogP contribution in [0.2, 0.25) is 0 Å². The summed E-state index contributed by atoms with van der Waals surface area (Å²) in [6.07, 6.45) is 0. The molecule has 0 atom stereocenters. The van der Waals surface area contributed by atoms with Gasteiger partial charge in [0, 0.05) is 0 Å². The number of rotatable bonds is 2. The number of amides is 2. The first-order valence-corrected chi connectivity index (χ1v) is 6.82. The van der Waals surface area contributed by atoms with Crippen molar-refractivity contribution in [2.45, 2.75) is 0 Å². The zero-order valence-electron chi connectivity index (χ0n) is 12.0. The molecule has 114 valence electrons. The number of fused-ring (bicyclic) bond motifs is 2. The van der Waals surface area contributed by atoms with E-state index in [0.717, 1.165) is 4.90 Å². The van der Waals surface area contributed by atoms with Crippen molar-refractivity contribution in [1.82, 2.24) is 10.2 Å². The summed E-state index contributed by atoms with van der Waals surface area (Å²) in [7, 11) is 1.42. The van der Waals surface area contributed by atoms with Crippen LogP contribution in [-0.2, 0) is 0 Å². The number of H-pyrrole nitrogens is 1. The second-order valence-electron chi connectivity index (χ2n) is 5.04. The van der Waals surface area contributed by atoms with Crippen molar-refractivity contribution in [3.05, 3.63) is 53.3 Å². The first-order chi connectivity index (χ1) is 11.1. The van der Waals surface area contributed by atoms with Gasteiger partial charge in [-0.2, -0.15) is 5.10 Å². The summed E-state index contributed by atoms with van der Waals surface area (Å²) in [5, 5.41) is 6.75. The summed E-state index contributed by atoms with van der Waals surface area (Å²) in [6, 6.07) is 9.15. The first-order valence-electron chi connectivity index (χ1n) is 6.82. The number of halogens is 1. The number of hydrogen-bond acceptors (Lipinski definition) is 4. The summed E-state index contributed by atoms with van der Waals surface area (Å²) >= 11 is 0. The van der Waals surface area contributed by atoms with E-state index in [4.69, 9.17) is 4.74 Å². The number of nitrogens with zero attached hydrogens (tertiary/aromatic N) is 2. The minimum atomic E-state index is -0.545. The topological polar surface area (TPSA) is 75.3 Å². The molecule has 23 heavy (non-hydrogen) atoms. The van der Waals surface area contributed by atoms with Crippen LogP contribution in [-0.4, -0.2) is 29.1 Å². The summed E-state index contributed by atoms with van der Waals surface area (Å²) in [5.41, 5.74) is 0.670. The fourth-order valence-electron chi connectivity index (χ4n) is 2.77. The summed E-state index contributed by atoms with van der Waals surface area (Å²) in [6.45, 7) is 0. The molecule has 0 unspecified atom stereocenters. The first kappa shape index (κ1) is 13.4. The van der Waals surface area contributed by atoms with Gasteiger partial charge in [-0.05, 0) is 24.3 Å². The van der Waals surface area contributed by atoms with E-state index in [2.05, 4.69) is 10.2 Å². The van der Waals surface area contributed by atoms with Crippen molar-refractivity contribution in [3.63, 3.8) is 0 Å². The number of ether oxygens (including phenoxy) is 1. The highest BCUT2D eigenvalue weighted by Gasteiger charge is 2.39. The van der Waals surface area contributed by atoms with Gasteiger partial charge in [0.25, 0.3) is 11.8 Å². The zero-order chi connectivity index (χ0) is 16.1. The molecule has 0 aliphatic carbocycles. The lowest BCUT2D eigenvalue weighted by molar-refractivity contribution is 0.0925. The molecule has 7 heteroatoms. The number of hydrogen-bond donors (Lipinski definition) is 1. The van der Waals surface area contributed by atoms with Crippen molar-refractivity contribution < 1.29 is 18.7 Å². The van der Waals surface area contributed by atoms with Crippen LogP contribution < -0.4 is 9.64 Å². The molecule has 0 radical (unpaired) electrons. The van der Waals surface area contributed by atoms with Gasteiger partial charge in [-0.1, -0.05) is 12.1 Å². The maximum absolute atomic E-state index is 13.9. The Balaban J connectivity index is 1.97. The van der Waals surface area contributed by atoms with Gasteiger partial charge in [0.2, 0.25) is 0 Å². The number of methoxy groups -OCH3 is 1. The maximum Gasteiger partial charge on any atom is 0.267 e. The molecule has 0 spiro atoms. The number of nitrogens with one attached hydrogen (secondary N) is 1. The minimum Gasteiger partial charge on any atom is -0.496 e. The Hall–Kier alpha value is -3.22. The lowest BCUT2D eigenvalue weighted by atomic mass is 10.1. The smallest absolute Gasteiger partial charge is 0.267 e. The number of anilines is 1. The largest absolute Gasteiger partial charge is 0.496 e. The summed E-state index contributed by atoms with van der Waals surface area (Å²) in [4.78, 5) is 26.0. The lowest BCUT2D eigenvalue weighted by Gasteiger charge is -2.12. The molecular weight excluding hydrogens is 301 g/mol. The monoisotopic (exact) mass is 311 g/mol. The van der Waals surface area contributed by atoms with Crippen molar-refractivity contribution in [1.29, 1.82) is 0 Å². The molecule has 1 aliphatic heterocycles. The number of carbonyl (C=O) groups is 2. The predicted molar refractivity (Wildman–Crippen MR) is 80.2 cm³/mol. The highest BCUT2D eigenvalue weighted by molar-refractivity contribution is 6.35. The van der Waals surface area contributed by atoms with Crippen LogP contribution >= 0.6 is 0 Å². The van der Waals surface area contributed by atoms with Crippen LogP contribution in [0.25, 0.3) is 10.9 Å². The van der Waals surface area contributed by atoms with E-state index in [9.17, 15) is 14.0 Å². The minimum absolute atomic E-state index is 0.0301. The summed E-state index contributed by atoms with van der Waals surface area (Å²) in [5.74, 6) is -1.18. The molecule has 3 aromatic rings. The zero-order valence-corrected chi connectivity index (χ0v) is 12.0. The quantitative estimate of drug-likeness (QED) is 0.738. The number of carbonyl (C=O) groups excluding carboxylic acids is 2. The Morgan fingerprint density at radius 3 is 2.35 bits per heavy atom. The highest BCUT2D eigenvalue weighted by atomic mass is 19.1. The molecule has 1 N–H and O–H groups in total. The molecule has 4 rings (SSSR count). The van der Waals surface area contributed by atoms with Crippen molar-refractivity contribution in [2.24, 2.45) is 0 Å². The fourth-order valence-corrected chi connectivity index (χ4v) is 2.77. The van der Waals surface area contributed by atoms with Crippen LogP contribution in [0.5, 0.6) is 5.75 Å². The third kappa shape index (κ3) is 1.70. The van der Waals surface area contributed by atoms with Crippen molar-refractivity contribution >= 4 is 28.5 Å². The van der Waals surface area contributed by atoms with Crippen LogP contribution in [0, 0.1) is 5.82 Å². The highest BCUT2D eigenvalue weighted by Crippen LogP contribution is 2.37. The van der Waals surface area contributed by atoms with Crippen molar-refractivity contribution in [3.8, 4) is 5.75 Å². The molecule has 0 fully saturated rings. The molecule has 2 aromatic carbocycles. The van der Waals surface area contributed by atoms with E-state index >= 15 is 0 Å². The van der Waals surface area contributed by atoms with Gasteiger partial charge < -0.3 is 4.74 Å². The molecule has 1 aliphatic rings. The lowest BCUT2D eigenvalue weighted by Crippen LogP contribution is -2.29. The third-order valence-corrected chi connectivity index (χ3v) is 3.84. The normalized spacial score (nSPS) is 13.7. The van der Waals surface area contributed by atoms with Crippen LogP contribution in [0.15, 0.2) is 36.4 Å². The van der Waals surface area contributed by atoms with Crippen molar-refractivity contribution in [2.75, 3.05) is 12.0 Å². The molecule has 1 aromatic heterocycles. The average molecular weight is 311 g/mol. The van der Waals surface area contributed by atoms with E-state index in [-0.39, 0.29) is 16.7 Å². The standard InChI is InChI=1S/C16H10FN3O3/c1-23-11-7-6-10(17)13-12(11)14(19-18-13)20-15(21)8-4-2-3-5-9(8)16(20)22/h2-7H,1H3,(H,18,19). The van der Waals surface area contributed by atoms with E-state index in [1.165, 1.54) is 19.2 Å². The van der Waals surface area contributed by atoms with Gasteiger partial charge >= 0.3 is 0 Å². The SMILES string of the molecule is COc1ccc(F)c2[nH]nc(N3C(=O)c4ccccc4C3=O)c12. The van der Waals surface area contributed by atoms with E-state index in [1.54, 1.807) is 24.3 Å². The maximum atomic E-state index is 13.9. The van der Waals surface area contributed by atoms with Gasteiger partial charge in [0.15, 0.2) is 5.82 Å². The van der Waals surface area contributed by atoms with Gasteiger partial charge in [-0.3, -0.25) is 14.7 Å². The van der Waals surface area contributed by atoms with E-state index in [0.29, 0.717) is 16.9 Å². The Bertz CT molecular complexity index is 945. The van der Waals surface area contributed by atoms with Crippen LogP contribution in [0.1, 0.15) is 20.7 Å². The number of imide groups is 1. The van der Waals surface area contributed by atoms with Gasteiger partial charge in [0.1, 0.15) is 17.1 Å². The fraction of sp³-hybridized carbons (Fsp3) is 0.0625. The average Bonchev–Trinajstić information content (AvgIpc) is 3.10. The van der Waals surface area contributed by atoms with Gasteiger partial charge in [0.05, 0.1) is 23.6 Å². The second-order valence-corrected chi connectivity index (χ2v) is 5.04. The van der Waals surface area contributed by atoms with E-state index in [1.807, 2.05) is 0 Å². The second kappa shape index (κ2) is 4.64. The number of benzene rings is 2. The van der Waals surface area contributed by atoms with Crippen LogP contribution in [0.4, 0.5) is 10.2 Å². The Labute approximate surface area is 129 Å². The molecule has 0 bridgehead atoms. The molecule has 2 heterocycles. The number of aromatic amines is 1. The molecule has 6 nitrogen and oxygen atoms in total. The van der Waals surface area contributed by atoms with Crippen LogP contribution in [0.3, 0.4) is 0 Å². The Morgan fingerprint density at radius 2 is 1.74 bits per heavy atom. The van der Waals surface area contributed by atoms with Gasteiger partial charge in [-0.25, -0.2) is 9.29 Å². The van der Waals surface area contributed by atoms with E-state index < -0.39 is 17.6 Å².